The van der Waals surface area contributed by atoms with Gasteiger partial charge in [-0.25, -0.2) is 5.14 Å². The van der Waals surface area contributed by atoms with Crippen molar-refractivity contribution >= 4 is 27.9 Å². The highest BCUT2D eigenvalue weighted by molar-refractivity contribution is 7.91. The van der Waals surface area contributed by atoms with Crippen LogP contribution in [-0.4, -0.2) is 14.3 Å². The van der Waals surface area contributed by atoms with Gasteiger partial charge in [0.1, 0.15) is 0 Å². The van der Waals surface area contributed by atoms with E-state index in [9.17, 15) is 13.2 Å². The van der Waals surface area contributed by atoms with Crippen molar-refractivity contribution in [3.63, 3.8) is 0 Å². The number of hydrogen-bond acceptors (Lipinski definition) is 3. The molecule has 1 aromatic rings. The molecule has 1 amide bonds. The number of rotatable bonds is 1. The van der Waals surface area contributed by atoms with Gasteiger partial charge < -0.3 is 0 Å². The first-order valence-corrected chi connectivity index (χ1v) is 6.12. The maximum Gasteiger partial charge on any atom is 0.305 e. The van der Waals surface area contributed by atoms with Crippen LogP contribution < -0.4 is 9.44 Å². The Hall–Kier alpha value is -1.66. The number of amides is 1. The fourth-order valence-corrected chi connectivity index (χ4v) is 2.40. The zero-order valence-corrected chi connectivity index (χ0v) is 9.15. The molecule has 0 bridgehead atoms. The summed E-state index contributed by atoms with van der Waals surface area (Å²) in [5.74, 6) is -0.552. The fourth-order valence-electron chi connectivity index (χ4n) is 1.60. The molecule has 0 unspecified atom stereocenters. The zero-order chi connectivity index (χ0) is 11.8. The van der Waals surface area contributed by atoms with E-state index in [0.29, 0.717) is 15.6 Å². The monoisotopic (exact) mass is 238 g/mol. The van der Waals surface area contributed by atoms with Gasteiger partial charge in [0, 0.05) is 6.42 Å². The number of hydrogen-bond donors (Lipinski definition) is 1. The van der Waals surface area contributed by atoms with E-state index in [1.807, 2.05) is 0 Å². The quantitative estimate of drug-likeness (QED) is 0.779. The highest BCUT2D eigenvalue weighted by Crippen LogP contribution is 2.26. The fraction of sp³-hybridized carbons (Fsp3) is 0.100. The predicted molar refractivity (Wildman–Crippen MR) is 60.7 cm³/mol. The summed E-state index contributed by atoms with van der Waals surface area (Å²) in [6.07, 6.45) is 3.34. The van der Waals surface area contributed by atoms with Crippen molar-refractivity contribution in [1.29, 1.82) is 0 Å². The van der Waals surface area contributed by atoms with Crippen LogP contribution in [0.25, 0.3) is 6.08 Å². The molecule has 6 heteroatoms. The first-order valence-electron chi connectivity index (χ1n) is 4.61. The minimum absolute atomic E-state index is 0.0190. The molecule has 0 fully saturated rings. The Kier molecular flexibility index (Phi) is 2.53. The molecule has 1 aliphatic rings. The summed E-state index contributed by atoms with van der Waals surface area (Å²) in [6, 6.07) is 6.69. The van der Waals surface area contributed by atoms with Gasteiger partial charge in [0.15, 0.2) is 0 Å². The molecule has 1 heterocycles. The second-order valence-corrected chi connectivity index (χ2v) is 4.76. The van der Waals surface area contributed by atoms with E-state index in [1.54, 1.807) is 36.4 Å². The van der Waals surface area contributed by atoms with Crippen molar-refractivity contribution in [2.24, 2.45) is 5.14 Å². The van der Waals surface area contributed by atoms with Crippen molar-refractivity contribution in [3.05, 3.63) is 35.9 Å². The van der Waals surface area contributed by atoms with Gasteiger partial charge in [0.25, 0.3) is 0 Å². The van der Waals surface area contributed by atoms with Crippen LogP contribution >= 0.6 is 0 Å². The van der Waals surface area contributed by atoms with E-state index >= 15 is 0 Å². The third-order valence-electron chi connectivity index (χ3n) is 2.23. The lowest BCUT2D eigenvalue weighted by molar-refractivity contribution is -0.116. The van der Waals surface area contributed by atoms with Gasteiger partial charge in [0.05, 0.1) is 5.69 Å². The molecule has 1 aliphatic heterocycles. The SMILES string of the molecule is NS(=O)(=O)N1C(=O)CC=Cc2ccccc21. The standard InChI is InChI=1S/C10H10N2O3S/c11-16(14,15)12-9-6-2-1-4-8(9)5-3-7-10(12)13/h1-6H,7H2,(H2,11,14,15). The Morgan fingerprint density at radius 1 is 1.25 bits per heavy atom. The number of carbonyl (C=O) groups excluding carboxylic acids is 1. The largest absolute Gasteiger partial charge is 0.305 e. The molecule has 0 atom stereocenters. The molecule has 0 aliphatic carbocycles. The lowest BCUT2D eigenvalue weighted by atomic mass is 10.2. The summed E-state index contributed by atoms with van der Waals surface area (Å²) < 4.78 is 23.4. The number of carbonyl (C=O) groups is 1. The molecule has 1 aromatic carbocycles. The highest BCUT2D eigenvalue weighted by atomic mass is 32.2. The average Bonchev–Trinajstić information content (AvgIpc) is 2.34. The minimum Gasteiger partial charge on any atom is -0.273 e. The third-order valence-corrected chi connectivity index (χ3v) is 3.14. The van der Waals surface area contributed by atoms with Gasteiger partial charge in [-0.3, -0.25) is 4.79 Å². The van der Waals surface area contributed by atoms with Gasteiger partial charge in [-0.05, 0) is 11.6 Å². The summed E-state index contributed by atoms with van der Waals surface area (Å²) in [7, 11) is -4.07. The molecular weight excluding hydrogens is 228 g/mol. The van der Waals surface area contributed by atoms with Crippen LogP contribution in [-0.2, 0) is 15.0 Å². The molecule has 0 aromatic heterocycles. The van der Waals surface area contributed by atoms with Gasteiger partial charge in [-0.1, -0.05) is 30.4 Å². The first kappa shape index (κ1) is 10.8. The van der Waals surface area contributed by atoms with Crippen LogP contribution in [0, 0.1) is 0 Å². The summed E-state index contributed by atoms with van der Waals surface area (Å²) in [5.41, 5.74) is 0.950. The summed E-state index contributed by atoms with van der Waals surface area (Å²) in [6.45, 7) is 0. The highest BCUT2D eigenvalue weighted by Gasteiger charge is 2.27. The average molecular weight is 238 g/mol. The van der Waals surface area contributed by atoms with Crippen LogP contribution in [0.4, 0.5) is 5.69 Å². The molecular formula is C10H10N2O3S. The first-order chi connectivity index (χ1) is 7.50. The van der Waals surface area contributed by atoms with Gasteiger partial charge in [-0.2, -0.15) is 12.7 Å². The molecule has 0 spiro atoms. The Labute approximate surface area is 93.4 Å². The molecule has 84 valence electrons. The maximum absolute atomic E-state index is 11.6. The Morgan fingerprint density at radius 2 is 1.94 bits per heavy atom. The number of nitrogens with zero attached hydrogens (tertiary/aromatic N) is 1. The molecule has 5 nitrogen and oxygen atoms in total. The second-order valence-electron chi connectivity index (χ2n) is 3.37. The van der Waals surface area contributed by atoms with E-state index < -0.39 is 16.1 Å². The lowest BCUT2D eigenvalue weighted by Crippen LogP contribution is -2.41. The molecule has 0 saturated heterocycles. The van der Waals surface area contributed by atoms with Crippen LogP contribution in [0.3, 0.4) is 0 Å². The topological polar surface area (TPSA) is 80.5 Å². The van der Waals surface area contributed by atoms with Crippen molar-refractivity contribution in [1.82, 2.24) is 0 Å². The zero-order valence-electron chi connectivity index (χ0n) is 8.33. The predicted octanol–water partition coefficient (Wildman–Crippen LogP) is 0.640. The lowest BCUT2D eigenvalue weighted by Gasteiger charge is -2.19. The van der Waals surface area contributed by atoms with E-state index in [1.165, 1.54) is 0 Å². The van der Waals surface area contributed by atoms with E-state index in [0.717, 1.165) is 0 Å². The van der Waals surface area contributed by atoms with Crippen molar-refractivity contribution in [2.75, 3.05) is 4.31 Å². The van der Waals surface area contributed by atoms with Crippen molar-refractivity contribution < 1.29 is 13.2 Å². The number of fused-ring (bicyclic) bond motifs is 1. The summed E-state index contributed by atoms with van der Waals surface area (Å²) >= 11 is 0. The van der Waals surface area contributed by atoms with E-state index in [-0.39, 0.29) is 6.42 Å². The number of nitrogens with two attached hydrogens (primary N) is 1. The number of benzene rings is 1. The Balaban J connectivity index is 2.67. The van der Waals surface area contributed by atoms with Gasteiger partial charge >= 0.3 is 10.2 Å². The molecule has 0 radical (unpaired) electrons. The Bertz CT molecular complexity index is 563. The summed E-state index contributed by atoms with van der Waals surface area (Å²) in [5, 5.41) is 5.03. The van der Waals surface area contributed by atoms with Crippen LogP contribution in [0.5, 0.6) is 0 Å². The van der Waals surface area contributed by atoms with Gasteiger partial charge in [-0.15, -0.1) is 0 Å². The van der Waals surface area contributed by atoms with Crippen LogP contribution in [0.1, 0.15) is 12.0 Å². The Morgan fingerprint density at radius 3 is 2.62 bits per heavy atom. The number of anilines is 1. The van der Waals surface area contributed by atoms with Crippen molar-refractivity contribution in [3.8, 4) is 0 Å². The maximum atomic E-state index is 11.6. The third kappa shape index (κ3) is 1.84. The van der Waals surface area contributed by atoms with E-state index in [4.69, 9.17) is 5.14 Å². The molecule has 2 N–H and O–H groups in total. The van der Waals surface area contributed by atoms with Crippen LogP contribution in [0.2, 0.25) is 0 Å². The minimum atomic E-state index is -4.07. The number of para-hydroxylation sites is 1. The smallest absolute Gasteiger partial charge is 0.273 e. The molecule has 16 heavy (non-hydrogen) atoms. The molecule has 0 saturated carbocycles. The van der Waals surface area contributed by atoms with Crippen LogP contribution in [0.15, 0.2) is 30.3 Å². The van der Waals surface area contributed by atoms with Gasteiger partial charge in [0.2, 0.25) is 5.91 Å². The normalized spacial score (nSPS) is 15.8. The van der Waals surface area contributed by atoms with Crippen molar-refractivity contribution in [2.45, 2.75) is 6.42 Å². The van der Waals surface area contributed by atoms with E-state index in [2.05, 4.69) is 0 Å². The molecule has 2 rings (SSSR count). The summed E-state index contributed by atoms with van der Waals surface area (Å²) in [4.78, 5) is 11.6. The second kappa shape index (κ2) is 3.73.